The summed E-state index contributed by atoms with van der Waals surface area (Å²) in [4.78, 5) is 0. The first-order valence-corrected chi connectivity index (χ1v) is 5.24. The molecule has 0 unspecified atom stereocenters. The molecule has 1 aromatic rings. The van der Waals surface area contributed by atoms with Crippen LogP contribution in [0, 0.1) is 6.92 Å². The van der Waals surface area contributed by atoms with Crippen molar-refractivity contribution >= 4 is 11.4 Å². The molecule has 0 aliphatic heterocycles. The molecular formula is C13H16N2. The van der Waals surface area contributed by atoms with Crippen molar-refractivity contribution in [1.82, 2.24) is 0 Å². The van der Waals surface area contributed by atoms with Gasteiger partial charge in [-0.3, -0.25) is 0 Å². The third-order valence-corrected chi connectivity index (χ3v) is 2.52. The quantitative estimate of drug-likeness (QED) is 0.719. The summed E-state index contributed by atoms with van der Waals surface area (Å²) in [5, 5.41) is 3.37. The highest BCUT2D eigenvalue weighted by Crippen LogP contribution is 2.23. The molecule has 1 aliphatic rings. The highest BCUT2D eigenvalue weighted by atomic mass is 14.9. The molecule has 78 valence electrons. The van der Waals surface area contributed by atoms with Crippen molar-refractivity contribution in [2.24, 2.45) is 0 Å². The Morgan fingerprint density at radius 1 is 1.33 bits per heavy atom. The fourth-order valence-corrected chi connectivity index (χ4v) is 1.66. The van der Waals surface area contributed by atoms with Gasteiger partial charge in [-0.1, -0.05) is 18.2 Å². The lowest BCUT2D eigenvalue weighted by atomic mass is 10.1. The summed E-state index contributed by atoms with van der Waals surface area (Å²) in [6, 6.07) is 6.04. The van der Waals surface area contributed by atoms with E-state index in [9.17, 15) is 0 Å². The van der Waals surface area contributed by atoms with Crippen LogP contribution in [0.3, 0.4) is 0 Å². The van der Waals surface area contributed by atoms with Gasteiger partial charge in [-0.05, 0) is 43.5 Å². The average Bonchev–Trinajstić information content (AvgIpc) is 2.25. The first-order valence-electron chi connectivity index (χ1n) is 5.24. The molecule has 0 saturated heterocycles. The number of nitrogens with one attached hydrogen (secondary N) is 1. The number of nitrogen functional groups attached to an aromatic ring is 1. The molecule has 0 atom stereocenters. The molecule has 2 nitrogen and oxygen atoms in total. The molecule has 2 heteroatoms. The van der Waals surface area contributed by atoms with Gasteiger partial charge in [-0.25, -0.2) is 0 Å². The van der Waals surface area contributed by atoms with Crippen LogP contribution in [0.5, 0.6) is 0 Å². The fourth-order valence-electron chi connectivity index (χ4n) is 1.66. The van der Waals surface area contributed by atoms with Gasteiger partial charge >= 0.3 is 0 Å². The number of anilines is 2. The van der Waals surface area contributed by atoms with E-state index in [1.165, 1.54) is 11.3 Å². The Kier molecular flexibility index (Phi) is 2.77. The Bertz CT molecular complexity index is 417. The standard InChI is InChI=1S/C13H16N2/c1-10-7-8-12(14)13(9-10)15-11-5-3-2-4-6-11/h2-3,5,7-9,15H,4,6,14H2,1H3. The van der Waals surface area contributed by atoms with Crippen molar-refractivity contribution in [3.8, 4) is 0 Å². The smallest absolute Gasteiger partial charge is 0.0618 e. The van der Waals surface area contributed by atoms with Crippen LogP contribution in [0.25, 0.3) is 0 Å². The second-order valence-electron chi connectivity index (χ2n) is 3.87. The summed E-state index contributed by atoms with van der Waals surface area (Å²) in [6.07, 6.45) is 8.52. The maximum atomic E-state index is 5.90. The molecule has 0 radical (unpaired) electrons. The van der Waals surface area contributed by atoms with Crippen LogP contribution in [0.1, 0.15) is 18.4 Å². The van der Waals surface area contributed by atoms with E-state index in [-0.39, 0.29) is 0 Å². The van der Waals surface area contributed by atoms with Crippen LogP contribution in [0.2, 0.25) is 0 Å². The molecule has 2 rings (SSSR count). The van der Waals surface area contributed by atoms with Crippen LogP contribution in [-0.4, -0.2) is 0 Å². The molecule has 0 aromatic heterocycles. The van der Waals surface area contributed by atoms with Crippen molar-refractivity contribution in [1.29, 1.82) is 0 Å². The van der Waals surface area contributed by atoms with Crippen LogP contribution in [-0.2, 0) is 0 Å². The highest BCUT2D eigenvalue weighted by Gasteiger charge is 2.03. The molecule has 3 N–H and O–H groups in total. The van der Waals surface area contributed by atoms with Gasteiger partial charge in [0.2, 0.25) is 0 Å². The van der Waals surface area contributed by atoms with E-state index in [0.717, 1.165) is 24.2 Å². The molecule has 0 fully saturated rings. The molecule has 1 aromatic carbocycles. The van der Waals surface area contributed by atoms with Crippen LogP contribution in [0.15, 0.2) is 42.1 Å². The monoisotopic (exact) mass is 200 g/mol. The zero-order chi connectivity index (χ0) is 10.7. The van der Waals surface area contributed by atoms with E-state index < -0.39 is 0 Å². The minimum Gasteiger partial charge on any atom is -0.397 e. The third kappa shape index (κ3) is 2.40. The lowest BCUT2D eigenvalue weighted by Crippen LogP contribution is -2.03. The van der Waals surface area contributed by atoms with Crippen molar-refractivity contribution in [3.63, 3.8) is 0 Å². The fraction of sp³-hybridized carbons (Fsp3) is 0.231. The van der Waals surface area contributed by atoms with E-state index in [4.69, 9.17) is 5.73 Å². The average molecular weight is 200 g/mol. The Labute approximate surface area is 90.5 Å². The molecule has 0 bridgehead atoms. The van der Waals surface area contributed by atoms with Crippen LogP contribution >= 0.6 is 0 Å². The molecule has 1 aliphatic carbocycles. The highest BCUT2D eigenvalue weighted by molar-refractivity contribution is 5.69. The zero-order valence-electron chi connectivity index (χ0n) is 8.96. The normalized spacial score (nSPS) is 14.9. The Morgan fingerprint density at radius 2 is 2.20 bits per heavy atom. The third-order valence-electron chi connectivity index (χ3n) is 2.52. The number of aryl methyl sites for hydroxylation is 1. The van der Waals surface area contributed by atoms with E-state index >= 15 is 0 Å². The van der Waals surface area contributed by atoms with E-state index in [1.807, 2.05) is 12.1 Å². The van der Waals surface area contributed by atoms with Gasteiger partial charge in [-0.15, -0.1) is 0 Å². The summed E-state index contributed by atoms with van der Waals surface area (Å²) in [5.74, 6) is 0. The van der Waals surface area contributed by atoms with Crippen molar-refractivity contribution in [3.05, 3.63) is 47.7 Å². The van der Waals surface area contributed by atoms with E-state index in [2.05, 4.69) is 36.5 Å². The maximum absolute atomic E-state index is 5.90. The van der Waals surface area contributed by atoms with Gasteiger partial charge in [0, 0.05) is 5.70 Å². The maximum Gasteiger partial charge on any atom is 0.0618 e. The number of rotatable bonds is 2. The van der Waals surface area contributed by atoms with Gasteiger partial charge in [0.1, 0.15) is 0 Å². The first-order chi connectivity index (χ1) is 7.25. The second kappa shape index (κ2) is 4.22. The summed E-state index contributed by atoms with van der Waals surface area (Å²) in [5.41, 5.74) is 10.2. The largest absolute Gasteiger partial charge is 0.397 e. The predicted molar refractivity (Wildman–Crippen MR) is 65.7 cm³/mol. The number of benzene rings is 1. The van der Waals surface area contributed by atoms with Crippen LogP contribution < -0.4 is 11.1 Å². The minimum absolute atomic E-state index is 0.802. The Morgan fingerprint density at radius 3 is 2.93 bits per heavy atom. The minimum atomic E-state index is 0.802. The molecular weight excluding hydrogens is 184 g/mol. The molecule has 0 saturated carbocycles. The predicted octanol–water partition coefficient (Wildman–Crippen LogP) is 3.22. The number of nitrogens with two attached hydrogens (primary N) is 1. The van der Waals surface area contributed by atoms with E-state index in [0.29, 0.717) is 0 Å². The summed E-state index contributed by atoms with van der Waals surface area (Å²) in [6.45, 7) is 2.07. The number of hydrogen-bond acceptors (Lipinski definition) is 2. The Hall–Kier alpha value is -1.70. The molecule has 0 heterocycles. The van der Waals surface area contributed by atoms with Gasteiger partial charge < -0.3 is 11.1 Å². The van der Waals surface area contributed by atoms with E-state index in [1.54, 1.807) is 0 Å². The molecule has 0 spiro atoms. The first kappa shape index (κ1) is 9.84. The van der Waals surface area contributed by atoms with Gasteiger partial charge in [0.05, 0.1) is 11.4 Å². The molecule has 0 amide bonds. The zero-order valence-corrected chi connectivity index (χ0v) is 8.96. The van der Waals surface area contributed by atoms with Crippen LogP contribution in [0.4, 0.5) is 11.4 Å². The van der Waals surface area contributed by atoms with Crippen molar-refractivity contribution in [2.75, 3.05) is 11.1 Å². The number of hydrogen-bond donors (Lipinski definition) is 2. The Balaban J connectivity index is 2.19. The van der Waals surface area contributed by atoms with Crippen molar-refractivity contribution < 1.29 is 0 Å². The summed E-state index contributed by atoms with van der Waals surface area (Å²) in [7, 11) is 0. The van der Waals surface area contributed by atoms with Gasteiger partial charge in [-0.2, -0.15) is 0 Å². The van der Waals surface area contributed by atoms with Gasteiger partial charge in [0.25, 0.3) is 0 Å². The van der Waals surface area contributed by atoms with Gasteiger partial charge in [0.15, 0.2) is 0 Å². The molecule has 15 heavy (non-hydrogen) atoms. The summed E-state index contributed by atoms with van der Waals surface area (Å²) >= 11 is 0. The topological polar surface area (TPSA) is 38.0 Å². The lowest BCUT2D eigenvalue weighted by molar-refractivity contribution is 0.967. The second-order valence-corrected chi connectivity index (χ2v) is 3.87. The SMILES string of the molecule is Cc1ccc(N)c(NC2=CC=CCC2)c1. The van der Waals surface area contributed by atoms with Crippen molar-refractivity contribution in [2.45, 2.75) is 19.8 Å². The summed E-state index contributed by atoms with van der Waals surface area (Å²) < 4.78 is 0. The number of allylic oxidation sites excluding steroid dienone is 4. The lowest BCUT2D eigenvalue weighted by Gasteiger charge is -2.14.